The molecule has 1 heteroatoms. The van der Waals surface area contributed by atoms with Crippen molar-refractivity contribution in [2.45, 2.75) is 74.3 Å². The first kappa shape index (κ1) is 17.0. The van der Waals surface area contributed by atoms with Gasteiger partial charge in [0.25, 0.3) is 0 Å². The zero-order chi connectivity index (χ0) is 13.6. The molecule has 17 heavy (non-hydrogen) atoms. The lowest BCUT2D eigenvalue weighted by Crippen LogP contribution is -2.38. The van der Waals surface area contributed by atoms with Gasteiger partial charge < -0.3 is 5.32 Å². The van der Waals surface area contributed by atoms with E-state index in [0.29, 0.717) is 11.5 Å². The Morgan fingerprint density at radius 1 is 0.824 bits per heavy atom. The number of hydrogen-bond acceptors (Lipinski definition) is 1. The molecule has 0 saturated carbocycles. The maximum atomic E-state index is 3.79. The molecule has 0 aromatic carbocycles. The average Bonchev–Trinajstić information content (AvgIpc) is 2.10. The Balaban J connectivity index is 4.15. The molecular weight excluding hydrogens is 206 g/mol. The van der Waals surface area contributed by atoms with Crippen LogP contribution in [0.3, 0.4) is 0 Å². The molecule has 104 valence electrons. The van der Waals surface area contributed by atoms with Crippen molar-refractivity contribution < 1.29 is 0 Å². The van der Waals surface area contributed by atoms with Crippen LogP contribution in [0.15, 0.2) is 0 Å². The fraction of sp³-hybridized carbons (Fsp3) is 1.00. The van der Waals surface area contributed by atoms with Gasteiger partial charge in [-0.2, -0.15) is 0 Å². The molecule has 1 nitrogen and oxygen atoms in total. The monoisotopic (exact) mass is 241 g/mol. The second-order valence-electron chi connectivity index (χ2n) is 7.63. The third kappa shape index (κ3) is 8.65. The van der Waals surface area contributed by atoms with Gasteiger partial charge in [-0.15, -0.1) is 0 Å². The Morgan fingerprint density at radius 3 is 1.53 bits per heavy atom. The summed E-state index contributed by atoms with van der Waals surface area (Å²) < 4.78 is 0. The van der Waals surface area contributed by atoms with Gasteiger partial charge >= 0.3 is 0 Å². The Morgan fingerprint density at radius 2 is 1.24 bits per heavy atom. The van der Waals surface area contributed by atoms with Gasteiger partial charge in [0.05, 0.1) is 0 Å². The fourth-order valence-corrected chi connectivity index (χ4v) is 2.05. The summed E-state index contributed by atoms with van der Waals surface area (Å²) in [6.45, 7) is 19.8. The molecule has 0 aliphatic carbocycles. The minimum absolute atomic E-state index is 0.410. The second-order valence-corrected chi connectivity index (χ2v) is 7.63. The molecule has 1 atom stereocenters. The van der Waals surface area contributed by atoms with E-state index >= 15 is 0 Å². The fourth-order valence-electron chi connectivity index (χ4n) is 2.05. The SMILES string of the molecule is CC(C)CC(CC(C)C)NCC(C)C(C)(C)C. The molecular formula is C16H35N. The molecule has 0 radical (unpaired) electrons. The van der Waals surface area contributed by atoms with Crippen LogP contribution in [0.2, 0.25) is 0 Å². The number of hydrogen-bond donors (Lipinski definition) is 1. The van der Waals surface area contributed by atoms with Crippen LogP contribution in [0.4, 0.5) is 0 Å². The highest BCUT2D eigenvalue weighted by molar-refractivity contribution is 4.76. The van der Waals surface area contributed by atoms with E-state index in [-0.39, 0.29) is 0 Å². The van der Waals surface area contributed by atoms with E-state index in [0.717, 1.165) is 24.3 Å². The van der Waals surface area contributed by atoms with Gasteiger partial charge in [0, 0.05) is 6.04 Å². The maximum Gasteiger partial charge on any atom is 0.00720 e. The van der Waals surface area contributed by atoms with E-state index in [1.807, 2.05) is 0 Å². The van der Waals surface area contributed by atoms with Crippen LogP contribution < -0.4 is 5.32 Å². The highest BCUT2D eigenvalue weighted by atomic mass is 14.9. The van der Waals surface area contributed by atoms with Crippen LogP contribution in [-0.4, -0.2) is 12.6 Å². The molecule has 0 aliphatic rings. The van der Waals surface area contributed by atoms with Crippen molar-refractivity contribution in [3.63, 3.8) is 0 Å². The summed E-state index contributed by atoms with van der Waals surface area (Å²) >= 11 is 0. The van der Waals surface area contributed by atoms with Gasteiger partial charge in [-0.3, -0.25) is 0 Å². The highest BCUT2D eigenvalue weighted by Gasteiger charge is 2.21. The lowest BCUT2D eigenvalue weighted by atomic mass is 9.82. The first-order valence-electron chi connectivity index (χ1n) is 7.36. The summed E-state index contributed by atoms with van der Waals surface area (Å²) in [5, 5.41) is 3.79. The smallest absolute Gasteiger partial charge is 0.00720 e. The summed E-state index contributed by atoms with van der Waals surface area (Å²) in [4.78, 5) is 0. The Bertz CT molecular complexity index is 178. The third-order valence-corrected chi connectivity index (χ3v) is 3.70. The molecule has 0 aliphatic heterocycles. The molecule has 0 fully saturated rings. The zero-order valence-corrected chi connectivity index (χ0v) is 13.4. The molecule has 0 aromatic rings. The van der Waals surface area contributed by atoms with Crippen LogP contribution in [0.5, 0.6) is 0 Å². The van der Waals surface area contributed by atoms with Crippen molar-refractivity contribution in [2.75, 3.05) is 6.54 Å². The van der Waals surface area contributed by atoms with Crippen molar-refractivity contribution in [1.29, 1.82) is 0 Å². The van der Waals surface area contributed by atoms with E-state index in [9.17, 15) is 0 Å². The van der Waals surface area contributed by atoms with Crippen molar-refractivity contribution in [1.82, 2.24) is 5.32 Å². The molecule has 1 unspecified atom stereocenters. The largest absolute Gasteiger partial charge is 0.314 e. The van der Waals surface area contributed by atoms with Crippen LogP contribution in [0, 0.1) is 23.2 Å². The minimum Gasteiger partial charge on any atom is -0.314 e. The molecule has 0 rings (SSSR count). The van der Waals surface area contributed by atoms with Gasteiger partial charge in [0.1, 0.15) is 0 Å². The first-order valence-corrected chi connectivity index (χ1v) is 7.36. The quantitative estimate of drug-likeness (QED) is 0.680. The van der Waals surface area contributed by atoms with E-state index in [2.05, 4.69) is 60.7 Å². The zero-order valence-electron chi connectivity index (χ0n) is 13.4. The van der Waals surface area contributed by atoms with Crippen molar-refractivity contribution >= 4 is 0 Å². The molecule has 0 heterocycles. The minimum atomic E-state index is 0.410. The first-order chi connectivity index (χ1) is 7.62. The Hall–Kier alpha value is -0.0400. The summed E-state index contributed by atoms with van der Waals surface area (Å²) in [6, 6.07) is 0.694. The summed E-state index contributed by atoms with van der Waals surface area (Å²) in [6.07, 6.45) is 2.60. The number of nitrogens with one attached hydrogen (secondary N) is 1. The Labute approximate surface area is 110 Å². The van der Waals surface area contributed by atoms with Crippen molar-refractivity contribution in [2.24, 2.45) is 23.2 Å². The summed E-state index contributed by atoms with van der Waals surface area (Å²) in [7, 11) is 0. The van der Waals surface area contributed by atoms with E-state index in [1.165, 1.54) is 12.8 Å². The molecule has 1 N–H and O–H groups in total. The highest BCUT2D eigenvalue weighted by Crippen LogP contribution is 2.25. The standard InChI is InChI=1S/C16H35N/c1-12(2)9-15(10-13(3)4)17-11-14(5)16(6,7)8/h12-15,17H,9-11H2,1-8H3. The van der Waals surface area contributed by atoms with E-state index < -0.39 is 0 Å². The normalized spacial score (nSPS) is 15.0. The van der Waals surface area contributed by atoms with E-state index in [1.54, 1.807) is 0 Å². The van der Waals surface area contributed by atoms with Crippen molar-refractivity contribution in [3.8, 4) is 0 Å². The molecule has 0 amide bonds. The number of rotatable bonds is 7. The summed E-state index contributed by atoms with van der Waals surface area (Å²) in [5.74, 6) is 2.30. The predicted octanol–water partition coefficient (Wildman–Crippen LogP) is 4.72. The lowest BCUT2D eigenvalue weighted by Gasteiger charge is -2.30. The molecule has 0 spiro atoms. The van der Waals surface area contributed by atoms with Gasteiger partial charge in [-0.25, -0.2) is 0 Å². The van der Waals surface area contributed by atoms with Gasteiger partial charge in [0.2, 0.25) is 0 Å². The van der Waals surface area contributed by atoms with E-state index in [4.69, 9.17) is 0 Å². The predicted molar refractivity (Wildman–Crippen MR) is 79.3 cm³/mol. The molecule has 0 saturated heterocycles. The molecule has 0 aromatic heterocycles. The Kier molecular flexibility index (Phi) is 7.39. The lowest BCUT2D eigenvalue weighted by molar-refractivity contribution is 0.234. The van der Waals surface area contributed by atoms with Gasteiger partial charge in [0.15, 0.2) is 0 Å². The average molecular weight is 241 g/mol. The van der Waals surface area contributed by atoms with Crippen LogP contribution in [-0.2, 0) is 0 Å². The topological polar surface area (TPSA) is 12.0 Å². The van der Waals surface area contributed by atoms with Crippen LogP contribution >= 0.6 is 0 Å². The van der Waals surface area contributed by atoms with Gasteiger partial charge in [-0.05, 0) is 42.6 Å². The molecule has 0 bridgehead atoms. The van der Waals surface area contributed by atoms with Crippen molar-refractivity contribution in [3.05, 3.63) is 0 Å². The third-order valence-electron chi connectivity index (χ3n) is 3.70. The van der Waals surface area contributed by atoms with Crippen LogP contribution in [0.1, 0.15) is 68.2 Å². The summed E-state index contributed by atoms with van der Waals surface area (Å²) in [5.41, 5.74) is 0.410. The maximum absolute atomic E-state index is 3.79. The second kappa shape index (κ2) is 7.41. The van der Waals surface area contributed by atoms with Crippen LogP contribution in [0.25, 0.3) is 0 Å². The van der Waals surface area contributed by atoms with Gasteiger partial charge in [-0.1, -0.05) is 55.4 Å².